The van der Waals surface area contributed by atoms with Gasteiger partial charge < -0.3 is 10.1 Å². The number of fused-ring (bicyclic) bond motifs is 2. The van der Waals surface area contributed by atoms with Crippen LogP contribution < -0.4 is 15.6 Å². The lowest BCUT2D eigenvalue weighted by Gasteiger charge is -2.23. The number of hydrogen-bond donors (Lipinski definition) is 1. The molecule has 25 heavy (non-hydrogen) atoms. The van der Waals surface area contributed by atoms with Crippen LogP contribution in [0.5, 0.6) is 5.75 Å². The number of nitrogens with one attached hydrogen (secondary N) is 1. The lowest BCUT2D eigenvalue weighted by atomic mass is 10.1. The summed E-state index contributed by atoms with van der Waals surface area (Å²) < 4.78 is 23.3. The summed E-state index contributed by atoms with van der Waals surface area (Å²) in [4.78, 5) is 24.6. The number of benzene rings is 1. The zero-order valence-corrected chi connectivity index (χ0v) is 14.6. The van der Waals surface area contributed by atoms with Gasteiger partial charge in [-0.25, -0.2) is 9.07 Å². The number of hydrogen-bond acceptors (Lipinski definition) is 3. The van der Waals surface area contributed by atoms with Gasteiger partial charge in [-0.3, -0.25) is 14.3 Å². The molecule has 2 aliphatic rings. The second-order valence-corrected chi connectivity index (χ2v) is 7.01. The Labute approximate surface area is 148 Å². The Bertz CT molecular complexity index is 950. The maximum atomic E-state index is 14.7. The van der Waals surface area contributed by atoms with Crippen LogP contribution in [0, 0.1) is 11.7 Å². The van der Waals surface area contributed by atoms with Crippen molar-refractivity contribution in [1.29, 1.82) is 0 Å². The zero-order valence-electron chi connectivity index (χ0n) is 13.8. The summed E-state index contributed by atoms with van der Waals surface area (Å²) >= 11 is 6.39. The van der Waals surface area contributed by atoms with Crippen LogP contribution in [0.15, 0.2) is 16.9 Å². The van der Waals surface area contributed by atoms with Crippen LogP contribution in [0.3, 0.4) is 0 Å². The Kier molecular flexibility index (Phi) is 3.64. The van der Waals surface area contributed by atoms with Crippen LogP contribution in [0.2, 0.25) is 5.15 Å². The maximum absolute atomic E-state index is 14.7. The van der Waals surface area contributed by atoms with E-state index in [1.54, 1.807) is 16.3 Å². The molecule has 132 valence electrons. The smallest absolute Gasteiger partial charge is 0.276 e. The summed E-state index contributed by atoms with van der Waals surface area (Å²) in [5, 5.41) is 2.88. The molecule has 0 spiro atoms. The molecule has 0 saturated heterocycles. The predicted octanol–water partition coefficient (Wildman–Crippen LogP) is 2.87. The van der Waals surface area contributed by atoms with Crippen molar-refractivity contribution in [2.75, 3.05) is 5.32 Å². The number of nitrogens with zero attached hydrogens (tertiary/aromatic N) is 2. The van der Waals surface area contributed by atoms with Crippen LogP contribution in [0.25, 0.3) is 11.1 Å². The molecule has 2 aliphatic heterocycles. The molecule has 1 unspecified atom stereocenters. The molecule has 6 nitrogen and oxygen atoms in total. The molecule has 1 amide bonds. The van der Waals surface area contributed by atoms with E-state index in [0.717, 1.165) is 6.42 Å². The second-order valence-electron chi connectivity index (χ2n) is 6.65. The third-order valence-corrected chi connectivity index (χ3v) is 5.14. The number of halogens is 2. The van der Waals surface area contributed by atoms with E-state index in [4.69, 9.17) is 16.3 Å². The fraction of sp³-hybridized carbons (Fsp3) is 0.412. The molecule has 0 fully saturated rings. The summed E-state index contributed by atoms with van der Waals surface area (Å²) in [7, 11) is 0. The summed E-state index contributed by atoms with van der Waals surface area (Å²) in [6, 6.07) is 2.59. The lowest BCUT2D eigenvalue weighted by Crippen LogP contribution is -2.34. The molecule has 1 aromatic heterocycles. The molecule has 0 radical (unpaired) electrons. The van der Waals surface area contributed by atoms with Crippen molar-refractivity contribution in [3.63, 3.8) is 0 Å². The number of aromatic nitrogens is 2. The third-order valence-electron chi connectivity index (χ3n) is 4.76. The number of rotatable bonds is 1. The Morgan fingerprint density at radius 2 is 2.04 bits per heavy atom. The first-order chi connectivity index (χ1) is 11.9. The summed E-state index contributed by atoms with van der Waals surface area (Å²) in [5.41, 5.74) is 0.183. The van der Waals surface area contributed by atoms with Crippen molar-refractivity contribution in [2.45, 2.75) is 39.5 Å². The average molecular weight is 366 g/mol. The van der Waals surface area contributed by atoms with E-state index >= 15 is 0 Å². The Morgan fingerprint density at radius 3 is 2.80 bits per heavy atom. The Hall–Kier alpha value is -2.28. The van der Waals surface area contributed by atoms with Crippen molar-refractivity contribution >= 4 is 23.2 Å². The molecule has 2 atom stereocenters. The molecule has 2 aromatic rings. The minimum Gasteiger partial charge on any atom is -0.479 e. The van der Waals surface area contributed by atoms with E-state index in [1.807, 2.05) is 0 Å². The van der Waals surface area contributed by atoms with E-state index in [1.165, 1.54) is 12.1 Å². The molecule has 1 N–H and O–H groups in total. The first-order valence-corrected chi connectivity index (χ1v) is 8.55. The van der Waals surface area contributed by atoms with Crippen LogP contribution in [-0.4, -0.2) is 21.4 Å². The van der Waals surface area contributed by atoms with Crippen molar-refractivity contribution in [3.05, 3.63) is 33.5 Å². The van der Waals surface area contributed by atoms with E-state index in [0.29, 0.717) is 24.7 Å². The Balaban J connectivity index is 1.88. The van der Waals surface area contributed by atoms with Gasteiger partial charge in [0.15, 0.2) is 6.10 Å². The minimum atomic E-state index is -0.699. The number of amides is 1. The zero-order chi connectivity index (χ0) is 17.9. The monoisotopic (exact) mass is 365 g/mol. The van der Waals surface area contributed by atoms with E-state index in [9.17, 15) is 14.0 Å². The van der Waals surface area contributed by atoms with Gasteiger partial charge in [0.05, 0.1) is 11.3 Å². The second kappa shape index (κ2) is 5.62. The van der Waals surface area contributed by atoms with Gasteiger partial charge >= 0.3 is 0 Å². The molecular formula is C17H17ClFN3O3. The highest BCUT2D eigenvalue weighted by Crippen LogP contribution is 2.38. The normalized spacial score (nSPS) is 22.0. The van der Waals surface area contributed by atoms with Gasteiger partial charge in [0.1, 0.15) is 16.7 Å². The lowest BCUT2D eigenvalue weighted by molar-refractivity contribution is -0.122. The van der Waals surface area contributed by atoms with Crippen molar-refractivity contribution in [1.82, 2.24) is 9.36 Å². The van der Waals surface area contributed by atoms with Crippen LogP contribution in [-0.2, 0) is 17.9 Å². The highest BCUT2D eigenvalue weighted by atomic mass is 35.5. The molecule has 4 rings (SSSR count). The molecule has 0 bridgehead atoms. The molecule has 0 aliphatic carbocycles. The highest BCUT2D eigenvalue weighted by Gasteiger charge is 2.29. The fourth-order valence-corrected chi connectivity index (χ4v) is 3.70. The number of ether oxygens (including phenoxy) is 1. The van der Waals surface area contributed by atoms with Crippen molar-refractivity contribution < 1.29 is 13.9 Å². The third kappa shape index (κ3) is 2.45. The first kappa shape index (κ1) is 16.2. The SMILES string of the molecule is CC1CCn2c(Cl)c(-c3cc4c(cc3F)O[C@@H](C)C(=O)N4)c(=O)n2C1. The van der Waals surface area contributed by atoms with E-state index in [2.05, 4.69) is 12.2 Å². The van der Waals surface area contributed by atoms with Gasteiger partial charge in [0, 0.05) is 24.7 Å². The maximum Gasteiger partial charge on any atom is 0.276 e. The van der Waals surface area contributed by atoms with Gasteiger partial charge in [-0.15, -0.1) is 0 Å². The number of carbonyl (C=O) groups excluding carboxylic acids is 1. The average Bonchev–Trinajstić information content (AvgIpc) is 2.80. The van der Waals surface area contributed by atoms with Crippen molar-refractivity contribution in [3.8, 4) is 16.9 Å². The molecule has 1 aromatic carbocycles. The van der Waals surface area contributed by atoms with E-state index in [-0.39, 0.29) is 33.5 Å². The number of anilines is 1. The van der Waals surface area contributed by atoms with Gasteiger partial charge in [0.25, 0.3) is 11.5 Å². The summed E-state index contributed by atoms with van der Waals surface area (Å²) in [6.07, 6.45) is 0.206. The van der Waals surface area contributed by atoms with Crippen LogP contribution in [0.4, 0.5) is 10.1 Å². The first-order valence-electron chi connectivity index (χ1n) is 8.17. The number of carbonyl (C=O) groups is 1. The topological polar surface area (TPSA) is 65.3 Å². The summed E-state index contributed by atoms with van der Waals surface area (Å²) in [5.74, 6) is -0.343. The van der Waals surface area contributed by atoms with E-state index < -0.39 is 11.9 Å². The van der Waals surface area contributed by atoms with Gasteiger partial charge in [-0.05, 0) is 25.3 Å². The standard InChI is InChI=1S/C17H17ClFN3O3/c1-8-3-4-21-15(18)14(17(24)22(21)7-8)10-5-12-13(6-11(10)19)25-9(2)16(23)20-12/h5-6,8-9H,3-4,7H2,1-2H3,(H,20,23)/t8?,9-/m0/s1. The Morgan fingerprint density at radius 1 is 1.28 bits per heavy atom. The summed E-state index contributed by atoms with van der Waals surface area (Å²) in [6.45, 7) is 4.79. The molecule has 3 heterocycles. The molecule has 8 heteroatoms. The van der Waals surface area contributed by atoms with Gasteiger partial charge in [-0.1, -0.05) is 18.5 Å². The largest absolute Gasteiger partial charge is 0.479 e. The van der Waals surface area contributed by atoms with Crippen LogP contribution in [0.1, 0.15) is 20.3 Å². The minimum absolute atomic E-state index is 0.0641. The quantitative estimate of drug-likeness (QED) is 0.845. The molecule has 0 saturated carbocycles. The van der Waals surface area contributed by atoms with Crippen LogP contribution >= 0.6 is 11.6 Å². The van der Waals surface area contributed by atoms with Gasteiger partial charge in [0.2, 0.25) is 0 Å². The fourth-order valence-electron chi connectivity index (χ4n) is 3.34. The predicted molar refractivity (Wildman–Crippen MR) is 91.6 cm³/mol. The van der Waals surface area contributed by atoms with Gasteiger partial charge in [-0.2, -0.15) is 0 Å². The van der Waals surface area contributed by atoms with Crippen molar-refractivity contribution in [2.24, 2.45) is 5.92 Å². The molecular weight excluding hydrogens is 349 g/mol. The highest BCUT2D eigenvalue weighted by molar-refractivity contribution is 6.32.